The summed E-state index contributed by atoms with van der Waals surface area (Å²) < 4.78 is 0. The highest BCUT2D eigenvalue weighted by atomic mass is 16.1. The second-order valence-electron chi connectivity index (χ2n) is 7.22. The minimum atomic E-state index is -0.181. The van der Waals surface area contributed by atoms with E-state index in [0.29, 0.717) is 11.5 Å². The van der Waals surface area contributed by atoms with E-state index in [0.717, 1.165) is 24.3 Å². The molecule has 1 fully saturated rings. The van der Waals surface area contributed by atoms with Gasteiger partial charge in [-0.2, -0.15) is 0 Å². The van der Waals surface area contributed by atoms with Gasteiger partial charge in [-0.15, -0.1) is 0 Å². The molecular weight excluding hydrogens is 300 g/mol. The monoisotopic (exact) mass is 324 g/mol. The molecule has 0 radical (unpaired) electrons. The first-order valence-corrected chi connectivity index (χ1v) is 8.43. The molecule has 24 heavy (non-hydrogen) atoms. The van der Waals surface area contributed by atoms with Gasteiger partial charge in [0.2, 0.25) is 5.95 Å². The van der Waals surface area contributed by atoms with Gasteiger partial charge in [0, 0.05) is 31.2 Å². The van der Waals surface area contributed by atoms with Gasteiger partial charge >= 0.3 is 0 Å². The summed E-state index contributed by atoms with van der Waals surface area (Å²) in [7, 11) is 0. The van der Waals surface area contributed by atoms with Crippen LogP contribution in [0.5, 0.6) is 0 Å². The van der Waals surface area contributed by atoms with Gasteiger partial charge in [0.1, 0.15) is 0 Å². The summed E-state index contributed by atoms with van der Waals surface area (Å²) in [5.41, 5.74) is 2.37. The number of hydrogen-bond acceptors (Lipinski definition) is 4. The molecule has 0 bridgehead atoms. The fourth-order valence-electron chi connectivity index (χ4n) is 2.96. The Bertz CT molecular complexity index is 713. The Labute approximate surface area is 143 Å². The van der Waals surface area contributed by atoms with Crippen LogP contribution in [0.3, 0.4) is 0 Å². The lowest BCUT2D eigenvalue weighted by Gasteiger charge is -2.23. The molecule has 1 aromatic carbocycles. The third-order valence-corrected chi connectivity index (χ3v) is 4.27. The number of carbonyl (C=O) groups excluding carboxylic acids is 1. The number of amides is 1. The summed E-state index contributed by atoms with van der Waals surface area (Å²) in [6.07, 6.45) is 5.57. The van der Waals surface area contributed by atoms with E-state index in [-0.39, 0.29) is 11.3 Å². The molecule has 0 unspecified atom stereocenters. The summed E-state index contributed by atoms with van der Waals surface area (Å²) >= 11 is 0. The second kappa shape index (κ2) is 6.59. The lowest BCUT2D eigenvalue weighted by Crippen LogP contribution is -2.22. The van der Waals surface area contributed by atoms with Crippen molar-refractivity contribution in [3.8, 4) is 0 Å². The van der Waals surface area contributed by atoms with Crippen molar-refractivity contribution in [2.24, 2.45) is 0 Å². The van der Waals surface area contributed by atoms with Gasteiger partial charge in [0.15, 0.2) is 0 Å². The molecule has 0 aliphatic carbocycles. The Morgan fingerprint density at radius 1 is 1.08 bits per heavy atom. The van der Waals surface area contributed by atoms with Crippen molar-refractivity contribution < 1.29 is 4.79 Å². The standard InChI is InChI=1S/C19H24N4O/c1-19(2,3)15-8-4-5-9-16(15)22-17(24)14-12-20-18(21-13-14)23-10-6-7-11-23/h4-5,8-9,12-13H,6-7,10-11H2,1-3H3,(H,22,24). The molecule has 1 aliphatic rings. The van der Waals surface area contributed by atoms with Crippen molar-refractivity contribution in [2.45, 2.75) is 39.0 Å². The number of carbonyl (C=O) groups is 1. The van der Waals surface area contributed by atoms with Gasteiger partial charge < -0.3 is 10.2 Å². The zero-order valence-electron chi connectivity index (χ0n) is 14.5. The first-order valence-electron chi connectivity index (χ1n) is 8.43. The Morgan fingerprint density at radius 3 is 2.33 bits per heavy atom. The van der Waals surface area contributed by atoms with Crippen LogP contribution in [-0.2, 0) is 5.41 Å². The molecule has 3 rings (SSSR count). The van der Waals surface area contributed by atoms with Gasteiger partial charge in [-0.05, 0) is 29.9 Å². The van der Waals surface area contributed by atoms with Gasteiger partial charge in [-0.25, -0.2) is 9.97 Å². The van der Waals surface area contributed by atoms with E-state index in [1.165, 1.54) is 12.8 Å². The Balaban J connectivity index is 1.76. The molecule has 1 N–H and O–H groups in total. The molecule has 5 nitrogen and oxygen atoms in total. The van der Waals surface area contributed by atoms with Crippen LogP contribution in [0.2, 0.25) is 0 Å². The van der Waals surface area contributed by atoms with E-state index in [9.17, 15) is 4.79 Å². The molecule has 0 atom stereocenters. The first kappa shape index (κ1) is 16.4. The Hall–Kier alpha value is -2.43. The number of hydrogen-bond donors (Lipinski definition) is 1. The van der Waals surface area contributed by atoms with Gasteiger partial charge in [0.25, 0.3) is 5.91 Å². The van der Waals surface area contributed by atoms with Crippen LogP contribution < -0.4 is 10.2 Å². The van der Waals surface area contributed by atoms with Crippen LogP contribution in [0.25, 0.3) is 0 Å². The number of benzene rings is 1. The fraction of sp³-hybridized carbons (Fsp3) is 0.421. The van der Waals surface area contributed by atoms with E-state index in [2.05, 4.69) is 41.0 Å². The molecule has 1 amide bonds. The highest BCUT2D eigenvalue weighted by molar-refractivity contribution is 6.04. The maximum absolute atomic E-state index is 12.5. The molecule has 1 aliphatic heterocycles. The van der Waals surface area contributed by atoms with E-state index < -0.39 is 0 Å². The normalized spacial score (nSPS) is 14.7. The van der Waals surface area contributed by atoms with E-state index in [1.54, 1.807) is 12.4 Å². The third-order valence-electron chi connectivity index (χ3n) is 4.27. The average molecular weight is 324 g/mol. The number of para-hydroxylation sites is 1. The van der Waals surface area contributed by atoms with Crippen molar-refractivity contribution in [3.63, 3.8) is 0 Å². The van der Waals surface area contributed by atoms with E-state index in [1.807, 2.05) is 24.3 Å². The number of rotatable bonds is 3. The van der Waals surface area contributed by atoms with Crippen molar-refractivity contribution in [1.82, 2.24) is 9.97 Å². The second-order valence-corrected chi connectivity index (χ2v) is 7.22. The highest BCUT2D eigenvalue weighted by Crippen LogP contribution is 2.29. The van der Waals surface area contributed by atoms with Gasteiger partial charge in [-0.1, -0.05) is 39.0 Å². The lowest BCUT2D eigenvalue weighted by atomic mass is 9.86. The van der Waals surface area contributed by atoms with Crippen LogP contribution in [-0.4, -0.2) is 29.0 Å². The van der Waals surface area contributed by atoms with Crippen molar-refractivity contribution in [3.05, 3.63) is 47.8 Å². The molecule has 1 aromatic heterocycles. The largest absolute Gasteiger partial charge is 0.341 e. The quantitative estimate of drug-likeness (QED) is 0.937. The zero-order chi connectivity index (χ0) is 17.2. The summed E-state index contributed by atoms with van der Waals surface area (Å²) in [5.74, 6) is 0.527. The number of aromatic nitrogens is 2. The van der Waals surface area contributed by atoms with Crippen LogP contribution in [0.1, 0.15) is 49.5 Å². The summed E-state index contributed by atoms with van der Waals surface area (Å²) in [4.78, 5) is 23.4. The molecule has 2 aromatic rings. The molecule has 0 spiro atoms. The smallest absolute Gasteiger partial charge is 0.258 e. The minimum absolute atomic E-state index is 0.0417. The summed E-state index contributed by atoms with van der Waals surface area (Å²) in [6, 6.07) is 7.89. The molecular formula is C19H24N4O. The molecule has 1 saturated heterocycles. The van der Waals surface area contributed by atoms with Crippen LogP contribution in [0, 0.1) is 0 Å². The Kier molecular flexibility index (Phi) is 4.51. The predicted octanol–water partition coefficient (Wildman–Crippen LogP) is 3.63. The van der Waals surface area contributed by atoms with E-state index in [4.69, 9.17) is 0 Å². The van der Waals surface area contributed by atoms with E-state index >= 15 is 0 Å². The SMILES string of the molecule is CC(C)(C)c1ccccc1NC(=O)c1cnc(N2CCCC2)nc1. The highest BCUT2D eigenvalue weighted by Gasteiger charge is 2.20. The minimum Gasteiger partial charge on any atom is -0.341 e. The third kappa shape index (κ3) is 3.55. The van der Waals surface area contributed by atoms with Crippen molar-refractivity contribution >= 4 is 17.5 Å². The maximum Gasteiger partial charge on any atom is 0.258 e. The lowest BCUT2D eigenvalue weighted by molar-refractivity contribution is 0.102. The molecule has 0 saturated carbocycles. The van der Waals surface area contributed by atoms with Crippen LogP contribution >= 0.6 is 0 Å². The predicted molar refractivity (Wildman–Crippen MR) is 96.6 cm³/mol. The van der Waals surface area contributed by atoms with Gasteiger partial charge in [0.05, 0.1) is 5.56 Å². The summed E-state index contributed by atoms with van der Waals surface area (Å²) in [6.45, 7) is 8.37. The fourth-order valence-corrected chi connectivity index (χ4v) is 2.96. The van der Waals surface area contributed by atoms with Crippen molar-refractivity contribution in [1.29, 1.82) is 0 Å². The summed E-state index contributed by atoms with van der Waals surface area (Å²) in [5, 5.41) is 2.99. The molecule has 126 valence electrons. The van der Waals surface area contributed by atoms with Crippen LogP contribution in [0.4, 0.5) is 11.6 Å². The van der Waals surface area contributed by atoms with Crippen molar-refractivity contribution in [2.75, 3.05) is 23.3 Å². The number of nitrogens with zero attached hydrogens (tertiary/aromatic N) is 3. The van der Waals surface area contributed by atoms with Gasteiger partial charge in [-0.3, -0.25) is 4.79 Å². The van der Waals surface area contributed by atoms with Crippen LogP contribution in [0.15, 0.2) is 36.7 Å². The number of anilines is 2. The molecule has 2 heterocycles. The Morgan fingerprint density at radius 2 is 1.71 bits per heavy atom. The zero-order valence-corrected chi connectivity index (χ0v) is 14.5. The topological polar surface area (TPSA) is 58.1 Å². The molecule has 5 heteroatoms. The number of nitrogens with one attached hydrogen (secondary N) is 1. The first-order chi connectivity index (χ1) is 11.4. The average Bonchev–Trinajstić information content (AvgIpc) is 3.09. The maximum atomic E-state index is 12.5.